The van der Waals surface area contributed by atoms with Crippen molar-refractivity contribution in [2.75, 3.05) is 33.8 Å². The molecule has 2 rings (SSSR count). The van der Waals surface area contributed by atoms with Crippen molar-refractivity contribution in [1.29, 1.82) is 0 Å². The van der Waals surface area contributed by atoms with Crippen LogP contribution in [0.5, 0.6) is 5.75 Å². The number of benzene rings is 1. The summed E-state index contributed by atoms with van der Waals surface area (Å²) in [6.45, 7) is 9.14. The van der Waals surface area contributed by atoms with Crippen molar-refractivity contribution in [3.8, 4) is 5.75 Å². The van der Waals surface area contributed by atoms with Crippen LogP contribution < -0.4 is 10.1 Å². The number of ether oxygens (including phenoxy) is 1. The first-order valence-corrected chi connectivity index (χ1v) is 7.58. The average molecular weight is 276 g/mol. The van der Waals surface area contributed by atoms with Crippen LogP contribution in [-0.2, 0) is 6.54 Å². The van der Waals surface area contributed by atoms with Crippen LogP contribution in [0.15, 0.2) is 24.3 Å². The lowest BCUT2D eigenvalue weighted by atomic mass is 9.76. The minimum Gasteiger partial charge on any atom is -0.497 e. The Kier molecular flexibility index (Phi) is 5.06. The predicted molar refractivity (Wildman–Crippen MR) is 84.1 cm³/mol. The van der Waals surface area contributed by atoms with Crippen LogP contribution in [0.25, 0.3) is 0 Å². The number of rotatable bonds is 6. The van der Waals surface area contributed by atoms with Gasteiger partial charge in [-0.3, -0.25) is 0 Å². The van der Waals surface area contributed by atoms with Crippen LogP contribution in [0.1, 0.15) is 25.8 Å². The molecule has 112 valence electrons. The fraction of sp³-hybridized carbons (Fsp3) is 0.647. The third-order valence-corrected chi connectivity index (χ3v) is 4.67. The molecule has 1 N–H and O–H groups in total. The zero-order valence-corrected chi connectivity index (χ0v) is 13.3. The van der Waals surface area contributed by atoms with E-state index in [-0.39, 0.29) is 0 Å². The summed E-state index contributed by atoms with van der Waals surface area (Å²) in [5.74, 6) is 1.65. The van der Waals surface area contributed by atoms with E-state index in [1.165, 1.54) is 12.0 Å². The monoisotopic (exact) mass is 276 g/mol. The van der Waals surface area contributed by atoms with E-state index in [2.05, 4.69) is 49.3 Å². The van der Waals surface area contributed by atoms with Gasteiger partial charge in [-0.05, 0) is 49.0 Å². The Morgan fingerprint density at radius 2 is 2.20 bits per heavy atom. The molecular formula is C17H28N2O. The first-order chi connectivity index (χ1) is 9.55. The molecule has 0 aliphatic carbocycles. The SMILES string of the molecule is COc1cccc(CN(C)CC2(C(C)C)CCNC2)c1. The van der Waals surface area contributed by atoms with E-state index in [1.807, 2.05) is 6.07 Å². The second-order valence-electron chi connectivity index (χ2n) is 6.47. The number of nitrogens with one attached hydrogen (secondary N) is 1. The summed E-state index contributed by atoms with van der Waals surface area (Å²) in [5.41, 5.74) is 1.74. The van der Waals surface area contributed by atoms with Crippen LogP contribution in [0.2, 0.25) is 0 Å². The smallest absolute Gasteiger partial charge is 0.119 e. The summed E-state index contributed by atoms with van der Waals surface area (Å²) in [6.07, 6.45) is 1.28. The van der Waals surface area contributed by atoms with Gasteiger partial charge >= 0.3 is 0 Å². The molecular weight excluding hydrogens is 248 g/mol. The van der Waals surface area contributed by atoms with Gasteiger partial charge < -0.3 is 15.0 Å². The van der Waals surface area contributed by atoms with Crippen LogP contribution >= 0.6 is 0 Å². The molecule has 3 nitrogen and oxygen atoms in total. The maximum absolute atomic E-state index is 5.30. The van der Waals surface area contributed by atoms with Crippen LogP contribution in [0.3, 0.4) is 0 Å². The van der Waals surface area contributed by atoms with Gasteiger partial charge in [-0.15, -0.1) is 0 Å². The van der Waals surface area contributed by atoms with E-state index in [0.717, 1.165) is 31.9 Å². The van der Waals surface area contributed by atoms with Gasteiger partial charge in [-0.25, -0.2) is 0 Å². The zero-order valence-electron chi connectivity index (χ0n) is 13.3. The Balaban J connectivity index is 1.99. The molecule has 1 aromatic carbocycles. The summed E-state index contributed by atoms with van der Waals surface area (Å²) in [7, 11) is 3.95. The highest BCUT2D eigenvalue weighted by atomic mass is 16.5. The molecule has 1 heterocycles. The second-order valence-corrected chi connectivity index (χ2v) is 6.47. The normalized spacial score (nSPS) is 22.7. The Bertz CT molecular complexity index is 425. The van der Waals surface area contributed by atoms with E-state index in [1.54, 1.807) is 7.11 Å². The molecule has 0 bridgehead atoms. The molecule has 0 radical (unpaired) electrons. The molecule has 0 saturated carbocycles. The summed E-state index contributed by atoms with van der Waals surface area (Å²) in [4.78, 5) is 2.45. The van der Waals surface area contributed by atoms with Crippen LogP contribution in [0, 0.1) is 11.3 Å². The molecule has 0 spiro atoms. The maximum atomic E-state index is 5.30. The molecule has 1 unspecified atom stereocenters. The molecule has 1 saturated heterocycles. The van der Waals surface area contributed by atoms with Gasteiger partial charge in [0.05, 0.1) is 7.11 Å². The van der Waals surface area contributed by atoms with Crippen molar-refractivity contribution in [2.45, 2.75) is 26.8 Å². The van der Waals surface area contributed by atoms with Crippen molar-refractivity contribution in [3.63, 3.8) is 0 Å². The molecule has 20 heavy (non-hydrogen) atoms. The third-order valence-electron chi connectivity index (χ3n) is 4.67. The fourth-order valence-corrected chi connectivity index (χ4v) is 3.25. The second kappa shape index (κ2) is 6.59. The van der Waals surface area contributed by atoms with Crippen LogP contribution in [0.4, 0.5) is 0 Å². The Morgan fingerprint density at radius 1 is 1.40 bits per heavy atom. The highest BCUT2D eigenvalue weighted by molar-refractivity contribution is 5.28. The Labute approximate surface area is 123 Å². The van der Waals surface area contributed by atoms with Crippen molar-refractivity contribution >= 4 is 0 Å². The molecule has 1 fully saturated rings. The molecule has 1 aromatic rings. The fourth-order valence-electron chi connectivity index (χ4n) is 3.25. The molecule has 1 aliphatic rings. The summed E-state index contributed by atoms with van der Waals surface area (Å²) in [5, 5.41) is 3.54. The summed E-state index contributed by atoms with van der Waals surface area (Å²) in [6, 6.07) is 8.37. The quantitative estimate of drug-likeness (QED) is 0.864. The van der Waals surface area contributed by atoms with E-state index in [4.69, 9.17) is 4.74 Å². The molecule has 1 aliphatic heterocycles. The first-order valence-electron chi connectivity index (χ1n) is 7.58. The summed E-state index contributed by atoms with van der Waals surface area (Å²) >= 11 is 0. The van der Waals surface area contributed by atoms with E-state index >= 15 is 0 Å². The minimum absolute atomic E-state index is 0.424. The van der Waals surface area contributed by atoms with Gasteiger partial charge in [0, 0.05) is 19.6 Å². The Hall–Kier alpha value is -1.06. The standard InChI is InChI=1S/C17H28N2O/c1-14(2)17(8-9-18-12-17)13-19(3)11-15-6-5-7-16(10-15)20-4/h5-7,10,14,18H,8-9,11-13H2,1-4H3. The van der Waals surface area contributed by atoms with Crippen molar-refractivity contribution < 1.29 is 4.74 Å². The number of hydrogen-bond donors (Lipinski definition) is 1. The maximum Gasteiger partial charge on any atom is 0.119 e. The number of methoxy groups -OCH3 is 1. The van der Waals surface area contributed by atoms with Gasteiger partial charge in [0.2, 0.25) is 0 Å². The lowest BCUT2D eigenvalue weighted by Crippen LogP contribution is -2.41. The third kappa shape index (κ3) is 3.53. The molecule has 3 heteroatoms. The summed E-state index contributed by atoms with van der Waals surface area (Å²) < 4.78 is 5.30. The molecule has 0 amide bonds. The average Bonchev–Trinajstić information content (AvgIpc) is 2.88. The first kappa shape index (κ1) is 15.3. The van der Waals surface area contributed by atoms with Gasteiger partial charge in [-0.1, -0.05) is 26.0 Å². The lowest BCUT2D eigenvalue weighted by Gasteiger charge is -2.36. The largest absolute Gasteiger partial charge is 0.497 e. The van der Waals surface area contributed by atoms with Gasteiger partial charge in [0.1, 0.15) is 5.75 Å². The molecule has 1 atom stereocenters. The highest BCUT2D eigenvalue weighted by Crippen LogP contribution is 2.35. The number of hydrogen-bond acceptors (Lipinski definition) is 3. The predicted octanol–water partition coefficient (Wildman–Crippen LogP) is 2.76. The van der Waals surface area contributed by atoms with E-state index < -0.39 is 0 Å². The van der Waals surface area contributed by atoms with Crippen molar-refractivity contribution in [1.82, 2.24) is 10.2 Å². The number of nitrogens with zero attached hydrogens (tertiary/aromatic N) is 1. The zero-order chi connectivity index (χ0) is 14.6. The van der Waals surface area contributed by atoms with Crippen molar-refractivity contribution in [2.24, 2.45) is 11.3 Å². The minimum atomic E-state index is 0.424. The van der Waals surface area contributed by atoms with E-state index in [0.29, 0.717) is 11.3 Å². The highest BCUT2D eigenvalue weighted by Gasteiger charge is 2.37. The van der Waals surface area contributed by atoms with Gasteiger partial charge in [0.25, 0.3) is 0 Å². The van der Waals surface area contributed by atoms with Gasteiger partial charge in [-0.2, -0.15) is 0 Å². The lowest BCUT2D eigenvalue weighted by molar-refractivity contribution is 0.132. The van der Waals surface area contributed by atoms with Crippen LogP contribution in [-0.4, -0.2) is 38.7 Å². The van der Waals surface area contributed by atoms with E-state index in [9.17, 15) is 0 Å². The molecule has 0 aromatic heterocycles. The van der Waals surface area contributed by atoms with Gasteiger partial charge in [0.15, 0.2) is 0 Å². The van der Waals surface area contributed by atoms with Crippen molar-refractivity contribution in [3.05, 3.63) is 29.8 Å². The Morgan fingerprint density at radius 3 is 2.80 bits per heavy atom. The topological polar surface area (TPSA) is 24.5 Å².